The Kier molecular flexibility index (Phi) is 6.55. The maximum Gasteiger partial charge on any atom is 0.331 e. The van der Waals surface area contributed by atoms with E-state index in [4.69, 9.17) is 4.74 Å². The topological polar surface area (TPSA) is 55.4 Å². The van der Waals surface area contributed by atoms with Gasteiger partial charge in [-0.05, 0) is 36.1 Å². The van der Waals surface area contributed by atoms with Crippen molar-refractivity contribution in [3.05, 3.63) is 62.8 Å². The van der Waals surface area contributed by atoms with Gasteiger partial charge in [-0.25, -0.2) is 4.79 Å². The van der Waals surface area contributed by atoms with E-state index < -0.39 is 5.97 Å². The summed E-state index contributed by atoms with van der Waals surface area (Å²) in [6, 6.07) is 11.3. The number of esters is 1. The van der Waals surface area contributed by atoms with Crippen molar-refractivity contribution in [2.24, 2.45) is 0 Å². The summed E-state index contributed by atoms with van der Waals surface area (Å²) in [5.41, 5.74) is 0.861. The maximum absolute atomic E-state index is 11.8. The molecule has 4 nitrogen and oxygen atoms in total. The predicted octanol–water partition coefficient (Wildman–Crippen LogP) is 3.94. The van der Waals surface area contributed by atoms with Crippen LogP contribution in [0.1, 0.15) is 23.4 Å². The van der Waals surface area contributed by atoms with Crippen molar-refractivity contribution < 1.29 is 14.3 Å². The van der Waals surface area contributed by atoms with E-state index in [-0.39, 0.29) is 18.6 Å². The van der Waals surface area contributed by atoms with E-state index in [1.54, 1.807) is 17.4 Å². The van der Waals surface area contributed by atoms with Crippen LogP contribution in [0.5, 0.6) is 0 Å². The van der Waals surface area contributed by atoms with E-state index >= 15 is 0 Å². The summed E-state index contributed by atoms with van der Waals surface area (Å²) in [4.78, 5) is 24.5. The van der Waals surface area contributed by atoms with Gasteiger partial charge in [0.15, 0.2) is 6.61 Å². The SMILES string of the molecule is C[C@@H](NC(=O)COC(=O)/C=C/c1ccccc1Br)c1cccs1. The van der Waals surface area contributed by atoms with Crippen LogP contribution >= 0.6 is 27.3 Å². The molecule has 0 spiro atoms. The van der Waals surface area contributed by atoms with Gasteiger partial charge in [0, 0.05) is 15.4 Å². The summed E-state index contributed by atoms with van der Waals surface area (Å²) in [7, 11) is 0. The second kappa shape index (κ2) is 8.64. The van der Waals surface area contributed by atoms with Crippen molar-refractivity contribution in [3.8, 4) is 0 Å². The first-order valence-corrected chi connectivity index (χ1v) is 8.65. The van der Waals surface area contributed by atoms with Gasteiger partial charge in [0.2, 0.25) is 0 Å². The Morgan fingerprint density at radius 3 is 2.78 bits per heavy atom. The highest BCUT2D eigenvalue weighted by Crippen LogP contribution is 2.18. The fraction of sp³-hybridized carbons (Fsp3) is 0.176. The fourth-order valence-corrected chi connectivity index (χ4v) is 3.00. The van der Waals surface area contributed by atoms with Gasteiger partial charge in [-0.3, -0.25) is 4.79 Å². The molecule has 0 saturated heterocycles. The molecule has 1 atom stereocenters. The Bertz CT molecular complexity index is 698. The molecule has 0 saturated carbocycles. The molecule has 0 bridgehead atoms. The van der Waals surface area contributed by atoms with E-state index in [0.29, 0.717) is 0 Å². The van der Waals surface area contributed by atoms with Gasteiger partial charge in [0.1, 0.15) is 0 Å². The predicted molar refractivity (Wildman–Crippen MR) is 95.0 cm³/mol. The molecule has 1 aromatic carbocycles. The smallest absolute Gasteiger partial charge is 0.331 e. The van der Waals surface area contributed by atoms with Gasteiger partial charge in [0.05, 0.1) is 6.04 Å². The number of carbonyl (C=O) groups excluding carboxylic acids is 2. The summed E-state index contributed by atoms with van der Waals surface area (Å²) in [6.07, 6.45) is 2.94. The second-order valence-electron chi connectivity index (χ2n) is 4.77. The standard InChI is InChI=1S/C17H16BrNO3S/c1-12(15-7-4-10-23-15)19-16(20)11-22-17(21)9-8-13-5-2-3-6-14(13)18/h2-10,12H,11H2,1H3,(H,19,20)/b9-8+/t12-/m1/s1. The third-order valence-corrected chi connectivity index (χ3v) is 4.77. The molecule has 0 fully saturated rings. The highest BCUT2D eigenvalue weighted by atomic mass is 79.9. The number of ether oxygens (including phenoxy) is 1. The second-order valence-corrected chi connectivity index (χ2v) is 6.60. The lowest BCUT2D eigenvalue weighted by Gasteiger charge is -2.11. The first kappa shape index (κ1) is 17.4. The molecule has 120 valence electrons. The number of hydrogen-bond donors (Lipinski definition) is 1. The molecule has 1 amide bonds. The molecule has 6 heteroatoms. The van der Waals surface area contributed by atoms with Gasteiger partial charge in [-0.2, -0.15) is 0 Å². The Labute approximate surface area is 147 Å². The fourth-order valence-electron chi connectivity index (χ4n) is 1.84. The molecule has 0 aliphatic carbocycles. The van der Waals surface area contributed by atoms with E-state index in [0.717, 1.165) is 14.9 Å². The van der Waals surface area contributed by atoms with Gasteiger partial charge in [0.25, 0.3) is 5.91 Å². The minimum absolute atomic E-state index is 0.1000. The van der Waals surface area contributed by atoms with Crippen molar-refractivity contribution in [2.75, 3.05) is 6.61 Å². The summed E-state index contributed by atoms with van der Waals surface area (Å²) >= 11 is 4.95. The van der Waals surface area contributed by atoms with E-state index in [1.165, 1.54) is 6.08 Å². The number of thiophene rings is 1. The van der Waals surface area contributed by atoms with Gasteiger partial charge in [-0.15, -0.1) is 11.3 Å². The quantitative estimate of drug-likeness (QED) is 0.597. The van der Waals surface area contributed by atoms with Crippen LogP contribution < -0.4 is 5.32 Å². The molecule has 1 heterocycles. The summed E-state index contributed by atoms with van der Waals surface area (Å²) in [6.45, 7) is 1.59. The summed E-state index contributed by atoms with van der Waals surface area (Å²) in [5, 5.41) is 4.73. The van der Waals surface area contributed by atoms with Crippen LogP contribution in [0.15, 0.2) is 52.3 Å². The van der Waals surface area contributed by atoms with Crippen molar-refractivity contribution in [1.82, 2.24) is 5.32 Å². The number of nitrogens with one attached hydrogen (secondary N) is 1. The monoisotopic (exact) mass is 393 g/mol. The zero-order chi connectivity index (χ0) is 16.7. The average molecular weight is 394 g/mol. The number of halogens is 1. The molecule has 1 N–H and O–H groups in total. The first-order valence-electron chi connectivity index (χ1n) is 6.98. The van der Waals surface area contributed by atoms with Crippen LogP contribution in [0.4, 0.5) is 0 Å². The minimum Gasteiger partial charge on any atom is -0.452 e. The number of benzene rings is 1. The molecule has 0 radical (unpaired) electrons. The first-order chi connectivity index (χ1) is 11.1. The zero-order valence-electron chi connectivity index (χ0n) is 12.5. The van der Waals surface area contributed by atoms with Crippen LogP contribution in [-0.2, 0) is 14.3 Å². The molecule has 0 unspecified atom stereocenters. The third kappa shape index (κ3) is 5.65. The van der Waals surface area contributed by atoms with Gasteiger partial charge >= 0.3 is 5.97 Å². The largest absolute Gasteiger partial charge is 0.452 e. The number of carbonyl (C=O) groups is 2. The molecule has 23 heavy (non-hydrogen) atoms. The minimum atomic E-state index is -0.556. The summed E-state index contributed by atoms with van der Waals surface area (Å²) in [5.74, 6) is -0.881. The van der Waals surface area contributed by atoms with Crippen molar-refractivity contribution in [3.63, 3.8) is 0 Å². The number of amides is 1. The molecule has 2 aromatic rings. The van der Waals surface area contributed by atoms with Crippen LogP contribution in [0, 0.1) is 0 Å². The van der Waals surface area contributed by atoms with Crippen LogP contribution in [0.3, 0.4) is 0 Å². The van der Waals surface area contributed by atoms with Crippen molar-refractivity contribution in [1.29, 1.82) is 0 Å². The zero-order valence-corrected chi connectivity index (χ0v) is 14.9. The van der Waals surface area contributed by atoms with Crippen molar-refractivity contribution >= 4 is 45.2 Å². The maximum atomic E-state index is 11.8. The van der Waals surface area contributed by atoms with Gasteiger partial charge in [-0.1, -0.05) is 40.2 Å². The van der Waals surface area contributed by atoms with Gasteiger partial charge < -0.3 is 10.1 Å². The molecule has 0 aliphatic heterocycles. The third-order valence-electron chi connectivity index (χ3n) is 3.00. The molecule has 0 aliphatic rings. The normalized spacial score (nSPS) is 12.1. The van der Waals surface area contributed by atoms with E-state index in [9.17, 15) is 9.59 Å². The van der Waals surface area contributed by atoms with Crippen LogP contribution in [-0.4, -0.2) is 18.5 Å². The summed E-state index contributed by atoms with van der Waals surface area (Å²) < 4.78 is 5.82. The van der Waals surface area contributed by atoms with Crippen LogP contribution in [0.25, 0.3) is 6.08 Å². The molecule has 1 aromatic heterocycles. The Hall–Kier alpha value is -1.92. The Morgan fingerprint density at radius 2 is 2.09 bits per heavy atom. The lowest BCUT2D eigenvalue weighted by molar-refractivity contribution is -0.144. The number of rotatable bonds is 6. The lowest BCUT2D eigenvalue weighted by atomic mass is 10.2. The average Bonchev–Trinajstić information content (AvgIpc) is 3.06. The highest BCUT2D eigenvalue weighted by Gasteiger charge is 2.11. The molecular formula is C17H16BrNO3S. The van der Waals surface area contributed by atoms with Crippen LogP contribution in [0.2, 0.25) is 0 Å². The Morgan fingerprint density at radius 1 is 1.30 bits per heavy atom. The molecule has 2 rings (SSSR count). The lowest BCUT2D eigenvalue weighted by Crippen LogP contribution is -2.30. The van der Waals surface area contributed by atoms with E-state index in [1.807, 2.05) is 48.7 Å². The highest BCUT2D eigenvalue weighted by molar-refractivity contribution is 9.10. The van der Waals surface area contributed by atoms with Crippen molar-refractivity contribution in [2.45, 2.75) is 13.0 Å². The number of hydrogen-bond acceptors (Lipinski definition) is 4. The molecular weight excluding hydrogens is 378 g/mol. The Balaban J connectivity index is 1.78. The van der Waals surface area contributed by atoms with E-state index in [2.05, 4.69) is 21.2 Å².